The van der Waals surface area contributed by atoms with Gasteiger partial charge < -0.3 is 10.4 Å². The van der Waals surface area contributed by atoms with Crippen LogP contribution in [-0.4, -0.2) is 26.1 Å². The maximum Gasteiger partial charge on any atom is 0.274 e. The number of nitro groups is 1. The molecular formula is C10H7IN4O4. The van der Waals surface area contributed by atoms with Crippen molar-refractivity contribution in [3.05, 3.63) is 43.8 Å². The highest BCUT2D eigenvalue weighted by Gasteiger charge is 2.16. The maximum absolute atomic E-state index is 11.9. The first-order valence-corrected chi connectivity index (χ1v) is 6.04. The van der Waals surface area contributed by atoms with Crippen LogP contribution >= 0.6 is 22.6 Å². The quantitative estimate of drug-likeness (QED) is 0.328. The smallest absolute Gasteiger partial charge is 0.274 e. The Labute approximate surface area is 120 Å². The number of H-pyrrole nitrogens is 1. The van der Waals surface area contributed by atoms with E-state index in [-0.39, 0.29) is 22.8 Å². The number of anilines is 1. The fourth-order valence-corrected chi connectivity index (χ4v) is 1.86. The Morgan fingerprint density at radius 2 is 2.26 bits per heavy atom. The minimum absolute atomic E-state index is 0.0374. The Balaban J connectivity index is 2.28. The average Bonchev–Trinajstić information content (AvgIpc) is 2.78. The molecule has 0 aliphatic heterocycles. The van der Waals surface area contributed by atoms with Gasteiger partial charge in [-0.2, -0.15) is 5.10 Å². The molecule has 0 radical (unpaired) electrons. The zero-order valence-electron chi connectivity index (χ0n) is 9.25. The molecule has 9 heteroatoms. The first kappa shape index (κ1) is 13.3. The average molecular weight is 374 g/mol. The van der Waals surface area contributed by atoms with E-state index in [4.69, 9.17) is 0 Å². The van der Waals surface area contributed by atoms with Crippen molar-refractivity contribution >= 4 is 39.9 Å². The number of hydrogen-bond acceptors (Lipinski definition) is 5. The van der Waals surface area contributed by atoms with Gasteiger partial charge in [0.25, 0.3) is 11.6 Å². The lowest BCUT2D eigenvalue weighted by Crippen LogP contribution is -2.14. The Morgan fingerprint density at radius 1 is 1.53 bits per heavy atom. The number of aromatic nitrogens is 2. The molecular weight excluding hydrogens is 367 g/mol. The molecule has 0 bridgehead atoms. The summed E-state index contributed by atoms with van der Waals surface area (Å²) in [7, 11) is 0. The summed E-state index contributed by atoms with van der Waals surface area (Å²) in [6, 6.07) is 3.37. The highest BCUT2D eigenvalue weighted by molar-refractivity contribution is 14.1. The van der Waals surface area contributed by atoms with Crippen LogP contribution in [0.3, 0.4) is 0 Å². The number of rotatable bonds is 3. The van der Waals surface area contributed by atoms with Gasteiger partial charge in [-0.3, -0.25) is 20.0 Å². The molecule has 0 spiro atoms. The largest absolute Gasteiger partial charge is 0.506 e. The lowest BCUT2D eigenvalue weighted by molar-refractivity contribution is -0.384. The number of nitrogens with one attached hydrogen (secondary N) is 2. The van der Waals surface area contributed by atoms with Crippen LogP contribution in [0, 0.1) is 13.7 Å². The SMILES string of the molecule is O=C(Nc1cc([N+](=O)[O-])ccc1O)c1[nH]ncc1I. The van der Waals surface area contributed by atoms with Crippen LogP contribution < -0.4 is 5.32 Å². The number of non-ortho nitro benzene ring substituents is 1. The fourth-order valence-electron chi connectivity index (χ4n) is 1.35. The van der Waals surface area contributed by atoms with Gasteiger partial charge in [-0.05, 0) is 28.7 Å². The van der Waals surface area contributed by atoms with Crippen LogP contribution in [0.1, 0.15) is 10.5 Å². The zero-order valence-corrected chi connectivity index (χ0v) is 11.4. The van der Waals surface area contributed by atoms with E-state index < -0.39 is 10.8 Å². The fraction of sp³-hybridized carbons (Fsp3) is 0. The number of nitrogens with zero attached hydrogens (tertiary/aromatic N) is 2. The van der Waals surface area contributed by atoms with Crippen LogP contribution in [0.2, 0.25) is 0 Å². The predicted molar refractivity (Wildman–Crippen MR) is 74.0 cm³/mol. The van der Waals surface area contributed by atoms with E-state index >= 15 is 0 Å². The normalized spacial score (nSPS) is 10.2. The minimum Gasteiger partial charge on any atom is -0.506 e. The summed E-state index contributed by atoms with van der Waals surface area (Å²) < 4.78 is 0.597. The van der Waals surface area contributed by atoms with Gasteiger partial charge in [0.2, 0.25) is 0 Å². The van der Waals surface area contributed by atoms with E-state index in [2.05, 4.69) is 15.5 Å². The van der Waals surface area contributed by atoms with Gasteiger partial charge in [-0.25, -0.2) is 0 Å². The first-order valence-electron chi connectivity index (χ1n) is 4.96. The van der Waals surface area contributed by atoms with Crippen molar-refractivity contribution in [2.45, 2.75) is 0 Å². The summed E-state index contributed by atoms with van der Waals surface area (Å²) in [5, 5.41) is 28.8. The van der Waals surface area contributed by atoms with Crippen molar-refractivity contribution in [3.63, 3.8) is 0 Å². The molecule has 3 N–H and O–H groups in total. The second-order valence-electron chi connectivity index (χ2n) is 3.51. The molecule has 2 rings (SSSR count). The number of benzene rings is 1. The lowest BCUT2D eigenvalue weighted by Gasteiger charge is -2.06. The summed E-state index contributed by atoms with van der Waals surface area (Å²) in [5.41, 5.74) is -0.0523. The highest BCUT2D eigenvalue weighted by Crippen LogP contribution is 2.28. The van der Waals surface area contributed by atoms with E-state index in [1.165, 1.54) is 6.20 Å². The monoisotopic (exact) mass is 374 g/mol. The topological polar surface area (TPSA) is 121 Å². The highest BCUT2D eigenvalue weighted by atomic mass is 127. The summed E-state index contributed by atoms with van der Waals surface area (Å²) >= 11 is 1.91. The van der Waals surface area contributed by atoms with Gasteiger partial charge in [0.05, 0.1) is 20.4 Å². The van der Waals surface area contributed by atoms with E-state index in [0.717, 1.165) is 18.2 Å². The summed E-state index contributed by atoms with van der Waals surface area (Å²) in [6.07, 6.45) is 1.46. The van der Waals surface area contributed by atoms with E-state index in [9.17, 15) is 20.0 Å². The standard InChI is InChI=1S/C10H7IN4O4/c11-6-4-12-14-9(6)10(17)13-7-3-5(15(18)19)1-2-8(7)16/h1-4,16H,(H,12,14)(H,13,17). The molecule has 0 saturated carbocycles. The first-order chi connectivity index (χ1) is 8.99. The number of amides is 1. The second kappa shape index (κ2) is 5.22. The maximum atomic E-state index is 11.9. The van der Waals surface area contributed by atoms with Gasteiger partial charge in [0.15, 0.2) is 0 Å². The number of carbonyl (C=O) groups excluding carboxylic acids is 1. The molecule has 8 nitrogen and oxygen atoms in total. The van der Waals surface area contributed by atoms with Crippen molar-refractivity contribution < 1.29 is 14.8 Å². The van der Waals surface area contributed by atoms with Crippen molar-refractivity contribution in [3.8, 4) is 5.75 Å². The van der Waals surface area contributed by atoms with Crippen molar-refractivity contribution in [2.75, 3.05) is 5.32 Å². The van der Waals surface area contributed by atoms with Crippen molar-refractivity contribution in [1.29, 1.82) is 0 Å². The summed E-state index contributed by atoms with van der Waals surface area (Å²) in [5.74, 6) is -0.800. The third kappa shape index (κ3) is 2.81. The molecule has 0 unspecified atom stereocenters. The summed E-state index contributed by atoms with van der Waals surface area (Å²) in [6.45, 7) is 0. The number of aromatic amines is 1. The Bertz CT molecular complexity index is 655. The molecule has 0 saturated heterocycles. The third-order valence-electron chi connectivity index (χ3n) is 2.26. The molecule has 2 aromatic rings. The van der Waals surface area contributed by atoms with E-state index in [0.29, 0.717) is 3.57 Å². The van der Waals surface area contributed by atoms with E-state index in [1.54, 1.807) is 0 Å². The molecule has 0 aliphatic rings. The van der Waals surface area contributed by atoms with Crippen molar-refractivity contribution in [2.24, 2.45) is 0 Å². The number of aromatic hydroxyl groups is 1. The van der Waals surface area contributed by atoms with Crippen LogP contribution in [-0.2, 0) is 0 Å². The summed E-state index contributed by atoms with van der Waals surface area (Å²) in [4.78, 5) is 21.9. The molecule has 1 heterocycles. The third-order valence-corrected chi connectivity index (χ3v) is 3.08. The van der Waals surface area contributed by atoms with Gasteiger partial charge in [-0.15, -0.1) is 0 Å². The molecule has 98 valence electrons. The Kier molecular flexibility index (Phi) is 3.64. The van der Waals surface area contributed by atoms with E-state index in [1.807, 2.05) is 22.6 Å². The molecule has 1 aromatic carbocycles. The van der Waals surface area contributed by atoms with Gasteiger partial charge in [-0.1, -0.05) is 0 Å². The molecule has 1 aromatic heterocycles. The molecule has 19 heavy (non-hydrogen) atoms. The number of phenols is 1. The predicted octanol–water partition coefficient (Wildman–Crippen LogP) is 1.88. The number of phenolic OH excluding ortho intramolecular Hbond substituents is 1. The number of halogens is 1. The van der Waals surface area contributed by atoms with Crippen molar-refractivity contribution in [1.82, 2.24) is 10.2 Å². The molecule has 1 amide bonds. The molecule has 0 fully saturated rings. The zero-order chi connectivity index (χ0) is 14.0. The van der Waals surface area contributed by atoms with Crippen LogP contribution in [0.15, 0.2) is 24.4 Å². The van der Waals surface area contributed by atoms with Gasteiger partial charge >= 0.3 is 0 Å². The van der Waals surface area contributed by atoms with Crippen LogP contribution in [0.5, 0.6) is 5.75 Å². The van der Waals surface area contributed by atoms with Gasteiger partial charge in [0, 0.05) is 12.1 Å². The minimum atomic E-state index is -0.616. The Morgan fingerprint density at radius 3 is 2.84 bits per heavy atom. The Hall–Kier alpha value is -2.17. The number of hydrogen-bond donors (Lipinski definition) is 3. The molecule has 0 atom stereocenters. The van der Waals surface area contributed by atoms with Crippen LogP contribution in [0.4, 0.5) is 11.4 Å². The number of carbonyl (C=O) groups is 1. The van der Waals surface area contributed by atoms with Gasteiger partial charge in [0.1, 0.15) is 11.4 Å². The lowest BCUT2D eigenvalue weighted by atomic mass is 10.2. The second-order valence-corrected chi connectivity index (χ2v) is 4.67. The van der Waals surface area contributed by atoms with Crippen LogP contribution in [0.25, 0.3) is 0 Å². The number of nitro benzene ring substituents is 1. The molecule has 0 aliphatic carbocycles.